The SMILES string of the molecule is O=C(N[C@@H]1COc2ccccc2C1)c1scc2c1OCCO2. The minimum absolute atomic E-state index is 0.0374. The largest absolute Gasteiger partial charge is 0.491 e. The Balaban J connectivity index is 1.48. The van der Waals surface area contributed by atoms with Crippen molar-refractivity contribution in [1.29, 1.82) is 0 Å². The van der Waals surface area contributed by atoms with Crippen molar-refractivity contribution in [2.24, 2.45) is 0 Å². The quantitative estimate of drug-likeness (QED) is 0.923. The first kappa shape index (κ1) is 13.5. The number of thiophene rings is 1. The predicted molar refractivity (Wildman–Crippen MR) is 82.2 cm³/mol. The van der Waals surface area contributed by atoms with Gasteiger partial charge in [-0.25, -0.2) is 0 Å². The Hall–Kier alpha value is -2.21. The summed E-state index contributed by atoms with van der Waals surface area (Å²) in [4.78, 5) is 13.0. The molecule has 5 nitrogen and oxygen atoms in total. The van der Waals surface area contributed by atoms with Crippen molar-refractivity contribution in [2.75, 3.05) is 19.8 Å². The summed E-state index contributed by atoms with van der Waals surface area (Å²) < 4.78 is 16.7. The lowest BCUT2D eigenvalue weighted by Gasteiger charge is -2.26. The van der Waals surface area contributed by atoms with Crippen LogP contribution < -0.4 is 19.5 Å². The number of hydrogen-bond donors (Lipinski definition) is 1. The molecule has 114 valence electrons. The van der Waals surface area contributed by atoms with Crippen molar-refractivity contribution >= 4 is 17.2 Å². The van der Waals surface area contributed by atoms with Crippen molar-refractivity contribution in [3.05, 3.63) is 40.1 Å². The highest BCUT2D eigenvalue weighted by Gasteiger charge is 2.27. The molecule has 1 aromatic heterocycles. The van der Waals surface area contributed by atoms with E-state index in [0.717, 1.165) is 17.7 Å². The van der Waals surface area contributed by atoms with E-state index in [1.165, 1.54) is 11.3 Å². The van der Waals surface area contributed by atoms with Gasteiger partial charge in [-0.2, -0.15) is 0 Å². The highest BCUT2D eigenvalue weighted by molar-refractivity contribution is 7.12. The maximum Gasteiger partial charge on any atom is 0.265 e. The van der Waals surface area contributed by atoms with Crippen LogP contribution in [0.15, 0.2) is 29.6 Å². The Morgan fingerprint density at radius 2 is 2.00 bits per heavy atom. The smallest absolute Gasteiger partial charge is 0.265 e. The molecule has 0 fully saturated rings. The van der Waals surface area contributed by atoms with Gasteiger partial charge in [-0.05, 0) is 18.1 Å². The van der Waals surface area contributed by atoms with Crippen LogP contribution in [-0.4, -0.2) is 31.8 Å². The standard InChI is InChI=1S/C16H15NO4S/c18-16(15-14-13(9-22-15)19-5-6-20-14)17-11-7-10-3-1-2-4-12(10)21-8-11/h1-4,9,11H,5-8H2,(H,17,18)/t11-/m0/s1. The monoisotopic (exact) mass is 317 g/mol. The van der Waals surface area contributed by atoms with Gasteiger partial charge in [0.15, 0.2) is 11.5 Å². The maximum atomic E-state index is 12.5. The second-order valence-corrected chi connectivity index (χ2v) is 6.13. The molecule has 0 saturated carbocycles. The molecular formula is C16H15NO4S. The fourth-order valence-corrected chi connectivity index (χ4v) is 3.52. The number of rotatable bonds is 2. The average Bonchev–Trinajstić information content (AvgIpc) is 2.99. The van der Waals surface area contributed by atoms with E-state index in [9.17, 15) is 4.79 Å². The number of carbonyl (C=O) groups excluding carboxylic acids is 1. The van der Waals surface area contributed by atoms with Crippen molar-refractivity contribution in [3.8, 4) is 17.2 Å². The van der Waals surface area contributed by atoms with Gasteiger partial charge in [0.25, 0.3) is 5.91 Å². The van der Waals surface area contributed by atoms with E-state index in [-0.39, 0.29) is 11.9 Å². The number of hydrogen-bond acceptors (Lipinski definition) is 5. The minimum Gasteiger partial charge on any atom is -0.491 e. The Labute approximate surface area is 131 Å². The molecule has 2 aliphatic rings. The first-order chi connectivity index (χ1) is 10.8. The van der Waals surface area contributed by atoms with E-state index in [1.54, 1.807) is 0 Å². The highest BCUT2D eigenvalue weighted by Crippen LogP contribution is 2.39. The molecule has 2 aliphatic heterocycles. The Morgan fingerprint density at radius 3 is 2.95 bits per heavy atom. The molecule has 22 heavy (non-hydrogen) atoms. The fraction of sp³-hybridized carbons (Fsp3) is 0.312. The normalized spacial score (nSPS) is 19.0. The number of nitrogens with one attached hydrogen (secondary N) is 1. The minimum atomic E-state index is -0.135. The van der Waals surface area contributed by atoms with Crippen molar-refractivity contribution in [2.45, 2.75) is 12.5 Å². The maximum absolute atomic E-state index is 12.5. The van der Waals surface area contributed by atoms with Crippen molar-refractivity contribution < 1.29 is 19.0 Å². The molecule has 1 atom stereocenters. The van der Waals surface area contributed by atoms with Gasteiger partial charge in [-0.3, -0.25) is 4.79 Å². The summed E-state index contributed by atoms with van der Waals surface area (Å²) in [5.74, 6) is 1.99. The number of benzene rings is 1. The molecule has 3 heterocycles. The molecule has 0 bridgehead atoms. The van der Waals surface area contributed by atoms with Crippen LogP contribution in [0.5, 0.6) is 17.2 Å². The second-order valence-electron chi connectivity index (χ2n) is 5.25. The molecular weight excluding hydrogens is 302 g/mol. The van der Waals surface area contributed by atoms with E-state index < -0.39 is 0 Å². The number of amides is 1. The molecule has 6 heteroatoms. The van der Waals surface area contributed by atoms with E-state index in [2.05, 4.69) is 5.32 Å². The fourth-order valence-electron chi connectivity index (χ4n) is 2.69. The molecule has 1 N–H and O–H groups in total. The molecule has 1 amide bonds. The summed E-state index contributed by atoms with van der Waals surface area (Å²) >= 11 is 1.34. The topological polar surface area (TPSA) is 56.8 Å². The van der Waals surface area contributed by atoms with Crippen LogP contribution in [-0.2, 0) is 6.42 Å². The number of fused-ring (bicyclic) bond motifs is 2. The van der Waals surface area contributed by atoms with Crippen molar-refractivity contribution in [1.82, 2.24) is 5.32 Å². The molecule has 0 aliphatic carbocycles. The number of para-hydroxylation sites is 1. The Morgan fingerprint density at radius 1 is 1.14 bits per heavy atom. The molecule has 0 spiro atoms. The van der Waals surface area contributed by atoms with Crippen LogP contribution in [0.1, 0.15) is 15.2 Å². The summed E-state index contributed by atoms with van der Waals surface area (Å²) in [7, 11) is 0. The zero-order chi connectivity index (χ0) is 14.9. The third-order valence-corrected chi connectivity index (χ3v) is 4.66. The third kappa shape index (κ3) is 2.39. The molecule has 1 aromatic carbocycles. The molecule has 0 radical (unpaired) electrons. The van der Waals surface area contributed by atoms with Crippen LogP contribution in [0, 0.1) is 0 Å². The molecule has 2 aromatic rings. The molecule has 0 unspecified atom stereocenters. The van der Waals surface area contributed by atoms with Gasteiger partial charge in [-0.1, -0.05) is 18.2 Å². The van der Waals surface area contributed by atoms with Gasteiger partial charge in [-0.15, -0.1) is 11.3 Å². The van der Waals surface area contributed by atoms with Crippen LogP contribution in [0.2, 0.25) is 0 Å². The van der Waals surface area contributed by atoms with Gasteiger partial charge in [0.2, 0.25) is 0 Å². The van der Waals surface area contributed by atoms with Crippen LogP contribution in [0.3, 0.4) is 0 Å². The van der Waals surface area contributed by atoms with Crippen LogP contribution >= 0.6 is 11.3 Å². The zero-order valence-electron chi connectivity index (χ0n) is 11.8. The molecule has 4 rings (SSSR count). The Bertz CT molecular complexity index is 712. The number of ether oxygens (including phenoxy) is 3. The van der Waals surface area contributed by atoms with E-state index in [1.807, 2.05) is 29.6 Å². The van der Waals surface area contributed by atoms with E-state index in [0.29, 0.717) is 36.2 Å². The summed E-state index contributed by atoms with van der Waals surface area (Å²) in [5, 5.41) is 4.84. The van der Waals surface area contributed by atoms with Gasteiger partial charge in [0.1, 0.15) is 30.4 Å². The lowest BCUT2D eigenvalue weighted by molar-refractivity contribution is 0.0910. The van der Waals surface area contributed by atoms with Gasteiger partial charge < -0.3 is 19.5 Å². The van der Waals surface area contributed by atoms with Crippen LogP contribution in [0.25, 0.3) is 0 Å². The van der Waals surface area contributed by atoms with Gasteiger partial charge in [0.05, 0.1) is 6.04 Å². The first-order valence-electron chi connectivity index (χ1n) is 7.20. The summed E-state index contributed by atoms with van der Waals surface area (Å²) in [6, 6.07) is 7.87. The van der Waals surface area contributed by atoms with E-state index >= 15 is 0 Å². The Kier molecular flexibility index (Phi) is 3.38. The highest BCUT2D eigenvalue weighted by atomic mass is 32.1. The van der Waals surface area contributed by atoms with Crippen LogP contribution in [0.4, 0.5) is 0 Å². The lowest BCUT2D eigenvalue weighted by Crippen LogP contribution is -2.42. The average molecular weight is 317 g/mol. The predicted octanol–water partition coefficient (Wildman–Crippen LogP) is 2.25. The van der Waals surface area contributed by atoms with Crippen molar-refractivity contribution in [3.63, 3.8) is 0 Å². The van der Waals surface area contributed by atoms with E-state index in [4.69, 9.17) is 14.2 Å². The summed E-state index contributed by atoms with van der Waals surface area (Å²) in [5.41, 5.74) is 1.12. The van der Waals surface area contributed by atoms with Gasteiger partial charge in [0, 0.05) is 5.38 Å². The lowest BCUT2D eigenvalue weighted by atomic mass is 10.0. The second kappa shape index (κ2) is 5.53. The number of carbonyl (C=O) groups is 1. The summed E-state index contributed by atoms with van der Waals surface area (Å²) in [6.45, 7) is 1.48. The van der Waals surface area contributed by atoms with Gasteiger partial charge >= 0.3 is 0 Å². The zero-order valence-corrected chi connectivity index (χ0v) is 12.7. The third-order valence-electron chi connectivity index (χ3n) is 3.72. The summed E-state index contributed by atoms with van der Waals surface area (Å²) in [6.07, 6.45) is 0.771. The first-order valence-corrected chi connectivity index (χ1v) is 8.08. The molecule has 0 saturated heterocycles.